The fourth-order valence-electron chi connectivity index (χ4n) is 9.36. The number of rotatable bonds is 10. The number of hydrogen-bond donors (Lipinski definition) is 0. The largest absolute Gasteiger partial charge is 0.457 e. The number of fused-ring (bicyclic) bond motifs is 3. The maximum atomic E-state index is 6.80. The highest BCUT2D eigenvalue weighted by Crippen LogP contribution is 2.43. The normalized spacial score (nSPS) is 13.4. The summed E-state index contributed by atoms with van der Waals surface area (Å²) in [7, 11) is 0. The van der Waals surface area contributed by atoms with Crippen molar-refractivity contribution < 1.29 is 4.74 Å². The van der Waals surface area contributed by atoms with Gasteiger partial charge in [0.05, 0.1) is 23.4 Å². The molecule has 1 aliphatic heterocycles. The lowest BCUT2D eigenvalue weighted by atomic mass is 9.73. The zero-order chi connectivity index (χ0) is 44.9. The second-order valence-electron chi connectivity index (χ2n) is 19.5. The van der Waals surface area contributed by atoms with Gasteiger partial charge in [0, 0.05) is 57.5 Å². The van der Waals surface area contributed by atoms with Crippen LogP contribution in [0.4, 0.5) is 11.4 Å². The predicted molar refractivity (Wildman–Crippen MR) is 272 cm³/mol. The van der Waals surface area contributed by atoms with Gasteiger partial charge in [-0.1, -0.05) is 170 Å². The van der Waals surface area contributed by atoms with E-state index in [1.165, 1.54) is 33.2 Å². The number of anilines is 2. The third-order valence-electron chi connectivity index (χ3n) is 13.5. The number of hydrogen-bond acceptors (Lipinski definition) is 4. The van der Waals surface area contributed by atoms with E-state index in [0.29, 0.717) is 6.67 Å². The molecular formula is C60H56N4O. The first-order valence-corrected chi connectivity index (χ1v) is 22.7. The molecule has 9 aromatic rings. The van der Waals surface area contributed by atoms with Gasteiger partial charge in [0.2, 0.25) is 0 Å². The fraction of sp³-hybridized carbons (Fsp3) is 0.183. The molecule has 0 aliphatic carbocycles. The minimum absolute atomic E-state index is 0.0107. The van der Waals surface area contributed by atoms with Gasteiger partial charge in [-0.25, -0.2) is 4.98 Å². The van der Waals surface area contributed by atoms with Crippen molar-refractivity contribution in [1.82, 2.24) is 9.55 Å². The molecule has 1 aliphatic rings. The average Bonchev–Trinajstić information content (AvgIpc) is 3.92. The number of para-hydroxylation sites is 1. The first kappa shape index (κ1) is 41.6. The summed E-state index contributed by atoms with van der Waals surface area (Å²) in [5.41, 5.74) is 12.5. The summed E-state index contributed by atoms with van der Waals surface area (Å²) in [6.45, 7) is 16.7. The highest BCUT2D eigenvalue weighted by Gasteiger charge is 2.32. The molecule has 7 aromatic carbocycles. The maximum Gasteiger partial charge on any atom is 0.137 e. The van der Waals surface area contributed by atoms with Crippen molar-refractivity contribution in [3.8, 4) is 17.3 Å². The smallest absolute Gasteiger partial charge is 0.137 e. The zero-order valence-corrected chi connectivity index (χ0v) is 38.5. The summed E-state index contributed by atoms with van der Waals surface area (Å²) < 4.78 is 9.07. The molecule has 322 valence electrons. The van der Waals surface area contributed by atoms with Crippen LogP contribution in [-0.2, 0) is 16.2 Å². The molecule has 0 spiro atoms. The average molecular weight is 849 g/mol. The van der Waals surface area contributed by atoms with Crippen LogP contribution in [0.5, 0.6) is 11.5 Å². The van der Waals surface area contributed by atoms with Gasteiger partial charge >= 0.3 is 0 Å². The molecule has 0 bridgehead atoms. The third kappa shape index (κ3) is 7.86. The molecule has 0 amide bonds. The Morgan fingerprint density at radius 3 is 1.72 bits per heavy atom. The molecule has 0 unspecified atom stereocenters. The lowest BCUT2D eigenvalue weighted by Gasteiger charge is -2.33. The number of nitrogens with zero attached hydrogens (tertiary/aromatic N) is 4. The molecular weight excluding hydrogens is 793 g/mol. The van der Waals surface area contributed by atoms with Crippen molar-refractivity contribution in [3.63, 3.8) is 0 Å². The van der Waals surface area contributed by atoms with Crippen LogP contribution >= 0.6 is 0 Å². The molecule has 0 radical (unpaired) electrons. The Labute approximate surface area is 383 Å². The molecule has 2 aromatic heterocycles. The van der Waals surface area contributed by atoms with E-state index in [1.807, 2.05) is 12.3 Å². The van der Waals surface area contributed by atoms with Crippen molar-refractivity contribution in [2.75, 3.05) is 16.5 Å². The van der Waals surface area contributed by atoms with Crippen molar-refractivity contribution >= 4 is 38.9 Å². The van der Waals surface area contributed by atoms with Crippen LogP contribution in [0, 0.1) is 0 Å². The Morgan fingerprint density at radius 2 is 1.06 bits per heavy atom. The number of aromatic nitrogens is 2. The van der Waals surface area contributed by atoms with Crippen molar-refractivity contribution in [2.24, 2.45) is 0 Å². The fourth-order valence-corrected chi connectivity index (χ4v) is 9.36. The van der Waals surface area contributed by atoms with E-state index >= 15 is 0 Å². The van der Waals surface area contributed by atoms with E-state index in [2.05, 4.69) is 251 Å². The molecule has 5 nitrogen and oxygen atoms in total. The Bertz CT molecular complexity index is 3120. The van der Waals surface area contributed by atoms with E-state index < -0.39 is 0 Å². The Balaban J connectivity index is 1.03. The summed E-state index contributed by atoms with van der Waals surface area (Å²) in [6.07, 6.45) is 4.24. The second kappa shape index (κ2) is 16.3. The first-order chi connectivity index (χ1) is 31.3. The molecule has 0 saturated heterocycles. The molecule has 3 heterocycles. The van der Waals surface area contributed by atoms with Crippen LogP contribution in [-0.4, -0.2) is 16.2 Å². The van der Waals surface area contributed by atoms with E-state index in [0.717, 1.165) is 56.4 Å². The molecule has 10 rings (SSSR count). The lowest BCUT2D eigenvalue weighted by Crippen LogP contribution is -2.28. The molecule has 0 atom stereocenters. The SMILES string of the molecule is CC(C)(C)c1ccnc(-n2c3ccccc3c3ccc(Oc4cccc(N5CN(c6cc(C(C)(C)c7ccccc7)cc(C(C)(C)c7ccccc7)c6)C=C5c5ccccc5)c4)cc32)c1. The van der Waals surface area contributed by atoms with Crippen LogP contribution in [0.2, 0.25) is 0 Å². The third-order valence-corrected chi connectivity index (χ3v) is 13.5. The van der Waals surface area contributed by atoms with Gasteiger partial charge < -0.3 is 14.5 Å². The van der Waals surface area contributed by atoms with Gasteiger partial charge in [-0.05, 0) is 93.4 Å². The predicted octanol–water partition coefficient (Wildman–Crippen LogP) is 15.2. The summed E-state index contributed by atoms with van der Waals surface area (Å²) >= 11 is 0. The van der Waals surface area contributed by atoms with Gasteiger partial charge in [0.1, 0.15) is 17.3 Å². The Morgan fingerprint density at radius 1 is 0.462 bits per heavy atom. The quantitative estimate of drug-likeness (QED) is 0.137. The van der Waals surface area contributed by atoms with E-state index in [-0.39, 0.29) is 16.2 Å². The van der Waals surface area contributed by atoms with Gasteiger partial charge in [-0.15, -0.1) is 0 Å². The van der Waals surface area contributed by atoms with Crippen LogP contribution < -0.4 is 14.5 Å². The van der Waals surface area contributed by atoms with Crippen molar-refractivity contribution in [2.45, 2.75) is 64.7 Å². The Hall–Kier alpha value is -7.37. The summed E-state index contributed by atoms with van der Waals surface area (Å²) in [6, 6.07) is 67.4. The van der Waals surface area contributed by atoms with Gasteiger partial charge in [-0.3, -0.25) is 4.57 Å². The topological polar surface area (TPSA) is 33.5 Å². The standard InChI is InChI=1S/C60H56N4O/c1-58(2,3)45-32-33-61-57(37-45)64-54-29-18-17-28-52(54)53-31-30-51(39-55(53)64)65-50-27-19-26-48(38-50)63-41-62(40-56(63)42-20-11-8-12-21-42)49-35-46(59(4,5)43-22-13-9-14-23-43)34-47(36-49)60(6,7)44-24-15-10-16-25-44/h8-40H,41H2,1-7H3. The van der Waals surface area contributed by atoms with E-state index in [1.54, 1.807) is 0 Å². The van der Waals surface area contributed by atoms with E-state index in [4.69, 9.17) is 9.72 Å². The van der Waals surface area contributed by atoms with Gasteiger partial charge in [-0.2, -0.15) is 0 Å². The zero-order valence-electron chi connectivity index (χ0n) is 38.5. The Kier molecular flexibility index (Phi) is 10.5. The number of benzene rings is 7. The number of ether oxygens (including phenoxy) is 1. The van der Waals surface area contributed by atoms with E-state index in [9.17, 15) is 0 Å². The van der Waals surface area contributed by atoms with Crippen LogP contribution in [0.1, 0.15) is 81.8 Å². The first-order valence-electron chi connectivity index (χ1n) is 22.7. The maximum absolute atomic E-state index is 6.80. The van der Waals surface area contributed by atoms with Gasteiger partial charge in [0.15, 0.2) is 0 Å². The summed E-state index contributed by atoms with van der Waals surface area (Å²) in [5, 5.41) is 2.34. The molecule has 65 heavy (non-hydrogen) atoms. The molecule has 5 heteroatoms. The van der Waals surface area contributed by atoms with Crippen LogP contribution in [0.15, 0.2) is 200 Å². The van der Waals surface area contributed by atoms with Gasteiger partial charge in [0.25, 0.3) is 0 Å². The summed E-state index contributed by atoms with van der Waals surface area (Å²) in [4.78, 5) is 9.69. The molecule has 0 saturated carbocycles. The second-order valence-corrected chi connectivity index (χ2v) is 19.5. The highest BCUT2D eigenvalue weighted by atomic mass is 16.5. The lowest BCUT2D eigenvalue weighted by molar-refractivity contribution is 0.483. The van der Waals surface area contributed by atoms with Crippen molar-refractivity contribution in [3.05, 3.63) is 234 Å². The summed E-state index contributed by atoms with van der Waals surface area (Å²) in [5.74, 6) is 2.42. The monoisotopic (exact) mass is 848 g/mol. The minimum Gasteiger partial charge on any atom is -0.457 e. The van der Waals surface area contributed by atoms with Crippen LogP contribution in [0.25, 0.3) is 33.3 Å². The molecule has 0 fully saturated rings. The molecule has 0 N–H and O–H groups in total. The highest BCUT2D eigenvalue weighted by molar-refractivity contribution is 6.09. The van der Waals surface area contributed by atoms with Crippen LogP contribution in [0.3, 0.4) is 0 Å². The van der Waals surface area contributed by atoms with Crippen molar-refractivity contribution in [1.29, 1.82) is 0 Å². The number of pyridine rings is 1. The minimum atomic E-state index is -0.236.